The summed E-state index contributed by atoms with van der Waals surface area (Å²) in [6.45, 7) is 4.09. The minimum atomic E-state index is -3.45. The normalized spacial score (nSPS) is 26.5. The Morgan fingerprint density at radius 3 is 2.41 bits per heavy atom. The Hall–Kier alpha value is -1.40. The first-order valence-electron chi connectivity index (χ1n) is 7.84. The Kier molecular flexibility index (Phi) is 4.23. The lowest BCUT2D eigenvalue weighted by Crippen LogP contribution is -2.38. The number of sulfonamides is 1. The van der Waals surface area contributed by atoms with Gasteiger partial charge in [0.25, 0.3) is 0 Å². The van der Waals surface area contributed by atoms with Gasteiger partial charge < -0.3 is 4.90 Å². The number of carbonyl (C=O) groups excluding carboxylic acids is 1. The monoisotopic (exact) mass is 322 g/mol. The third kappa shape index (κ3) is 3.03. The van der Waals surface area contributed by atoms with Crippen molar-refractivity contribution in [3.05, 3.63) is 30.3 Å². The summed E-state index contributed by atoms with van der Waals surface area (Å²) < 4.78 is 26.8. The molecule has 6 heteroatoms. The van der Waals surface area contributed by atoms with Crippen molar-refractivity contribution in [2.45, 2.75) is 24.7 Å². The van der Waals surface area contributed by atoms with Gasteiger partial charge in [0.2, 0.25) is 15.9 Å². The molecule has 0 spiro atoms. The molecule has 3 rings (SSSR count). The van der Waals surface area contributed by atoms with Gasteiger partial charge in [-0.05, 0) is 30.9 Å². The molecule has 0 radical (unpaired) electrons. The Bertz CT molecular complexity index is 645. The quantitative estimate of drug-likeness (QED) is 0.849. The summed E-state index contributed by atoms with van der Waals surface area (Å²) >= 11 is 0. The van der Waals surface area contributed by atoms with Crippen LogP contribution in [0.4, 0.5) is 0 Å². The van der Waals surface area contributed by atoms with Crippen LogP contribution in [0.25, 0.3) is 0 Å². The summed E-state index contributed by atoms with van der Waals surface area (Å²) in [7, 11) is -3.45. The highest BCUT2D eigenvalue weighted by Gasteiger charge is 2.42. The van der Waals surface area contributed by atoms with Gasteiger partial charge in [-0.1, -0.05) is 25.1 Å². The van der Waals surface area contributed by atoms with Gasteiger partial charge in [-0.15, -0.1) is 0 Å². The number of amides is 1. The molecule has 0 unspecified atom stereocenters. The van der Waals surface area contributed by atoms with Crippen molar-refractivity contribution in [3.63, 3.8) is 0 Å². The van der Waals surface area contributed by atoms with Gasteiger partial charge in [-0.3, -0.25) is 4.79 Å². The fraction of sp³-hybridized carbons (Fsp3) is 0.562. The minimum absolute atomic E-state index is 0.164. The lowest BCUT2D eigenvalue weighted by Gasteiger charge is -2.22. The van der Waals surface area contributed by atoms with E-state index < -0.39 is 10.0 Å². The van der Waals surface area contributed by atoms with Crippen LogP contribution in [0.2, 0.25) is 0 Å². The molecule has 0 bridgehead atoms. The maximum absolute atomic E-state index is 12.6. The lowest BCUT2D eigenvalue weighted by atomic mass is 10.3. The van der Waals surface area contributed by atoms with E-state index in [4.69, 9.17) is 0 Å². The van der Waals surface area contributed by atoms with Gasteiger partial charge in [0.15, 0.2) is 0 Å². The van der Waals surface area contributed by atoms with E-state index in [2.05, 4.69) is 6.92 Å². The Morgan fingerprint density at radius 1 is 1.09 bits per heavy atom. The third-order valence-electron chi connectivity index (χ3n) is 4.57. The maximum atomic E-state index is 12.6. The predicted octanol–water partition coefficient (Wildman–Crippen LogP) is 1.57. The number of nitrogens with zero attached hydrogens (tertiary/aromatic N) is 2. The summed E-state index contributed by atoms with van der Waals surface area (Å²) in [6.07, 6.45) is 1.67. The second-order valence-electron chi connectivity index (χ2n) is 6.22. The average molecular weight is 322 g/mol. The number of rotatable bonds is 3. The van der Waals surface area contributed by atoms with Gasteiger partial charge in [-0.25, -0.2) is 8.42 Å². The highest BCUT2D eigenvalue weighted by Crippen LogP contribution is 2.39. The fourth-order valence-corrected chi connectivity index (χ4v) is 4.49. The van der Waals surface area contributed by atoms with Crippen LogP contribution in [-0.4, -0.2) is 49.7 Å². The number of benzene rings is 1. The molecule has 0 aromatic heterocycles. The highest BCUT2D eigenvalue weighted by molar-refractivity contribution is 7.89. The average Bonchev–Trinajstić information content (AvgIpc) is 3.29. The van der Waals surface area contributed by atoms with E-state index in [1.165, 1.54) is 4.31 Å². The molecule has 1 aliphatic heterocycles. The van der Waals surface area contributed by atoms with Crippen LogP contribution < -0.4 is 0 Å². The highest BCUT2D eigenvalue weighted by atomic mass is 32.2. The Balaban J connectivity index is 1.69. The lowest BCUT2D eigenvalue weighted by molar-refractivity contribution is -0.132. The van der Waals surface area contributed by atoms with E-state index in [-0.39, 0.29) is 11.8 Å². The van der Waals surface area contributed by atoms with Gasteiger partial charge in [0.1, 0.15) is 0 Å². The van der Waals surface area contributed by atoms with Gasteiger partial charge in [0, 0.05) is 32.1 Å². The molecule has 120 valence electrons. The zero-order valence-electron chi connectivity index (χ0n) is 12.8. The Labute approximate surface area is 132 Å². The van der Waals surface area contributed by atoms with Crippen LogP contribution >= 0.6 is 0 Å². The molecule has 1 saturated heterocycles. The summed E-state index contributed by atoms with van der Waals surface area (Å²) in [4.78, 5) is 14.5. The van der Waals surface area contributed by atoms with E-state index in [0.717, 1.165) is 6.42 Å². The van der Waals surface area contributed by atoms with Crippen molar-refractivity contribution in [2.24, 2.45) is 11.8 Å². The van der Waals surface area contributed by atoms with E-state index >= 15 is 0 Å². The fourth-order valence-electron chi connectivity index (χ4n) is 3.00. The van der Waals surface area contributed by atoms with Crippen molar-refractivity contribution >= 4 is 15.9 Å². The molecular weight excluding hydrogens is 300 g/mol. The van der Waals surface area contributed by atoms with Crippen LogP contribution in [0.1, 0.15) is 19.8 Å². The summed E-state index contributed by atoms with van der Waals surface area (Å²) in [5.41, 5.74) is 0. The van der Waals surface area contributed by atoms with E-state index in [1.807, 2.05) is 4.90 Å². The van der Waals surface area contributed by atoms with E-state index in [9.17, 15) is 13.2 Å². The molecule has 1 amide bonds. The number of hydrogen-bond acceptors (Lipinski definition) is 3. The van der Waals surface area contributed by atoms with Crippen molar-refractivity contribution in [1.82, 2.24) is 9.21 Å². The van der Waals surface area contributed by atoms with Gasteiger partial charge in [-0.2, -0.15) is 4.31 Å². The number of carbonyl (C=O) groups is 1. The second kappa shape index (κ2) is 6.01. The van der Waals surface area contributed by atoms with Crippen LogP contribution in [0.15, 0.2) is 35.2 Å². The van der Waals surface area contributed by atoms with Crippen molar-refractivity contribution in [2.75, 3.05) is 26.2 Å². The standard InChI is InChI=1S/C16H22N2O3S/c1-13-12-15(13)16(19)17-8-5-9-18(11-10-17)22(20,21)14-6-3-2-4-7-14/h2-4,6-7,13,15H,5,8-12H2,1H3/t13-,15-/m0/s1. The first kappa shape index (κ1) is 15.5. The van der Waals surface area contributed by atoms with Crippen LogP contribution in [0.5, 0.6) is 0 Å². The molecule has 2 aliphatic rings. The van der Waals surface area contributed by atoms with Crippen LogP contribution in [-0.2, 0) is 14.8 Å². The zero-order valence-corrected chi connectivity index (χ0v) is 13.6. The summed E-state index contributed by atoms with van der Waals surface area (Å²) in [6, 6.07) is 8.51. The molecule has 1 aliphatic carbocycles. The molecule has 2 fully saturated rings. The largest absolute Gasteiger partial charge is 0.341 e. The first-order chi connectivity index (χ1) is 10.5. The smallest absolute Gasteiger partial charge is 0.243 e. The zero-order chi connectivity index (χ0) is 15.7. The molecule has 5 nitrogen and oxygen atoms in total. The van der Waals surface area contributed by atoms with Gasteiger partial charge >= 0.3 is 0 Å². The molecule has 0 N–H and O–H groups in total. The summed E-state index contributed by atoms with van der Waals surface area (Å²) in [5.74, 6) is 0.851. The van der Waals surface area contributed by atoms with E-state index in [0.29, 0.717) is 43.4 Å². The topological polar surface area (TPSA) is 57.7 Å². The summed E-state index contributed by atoms with van der Waals surface area (Å²) in [5, 5.41) is 0. The van der Waals surface area contributed by atoms with Crippen LogP contribution in [0, 0.1) is 11.8 Å². The predicted molar refractivity (Wildman–Crippen MR) is 83.7 cm³/mol. The molecule has 22 heavy (non-hydrogen) atoms. The van der Waals surface area contributed by atoms with Gasteiger partial charge in [0.05, 0.1) is 4.90 Å². The van der Waals surface area contributed by atoms with Crippen molar-refractivity contribution < 1.29 is 13.2 Å². The molecule has 1 heterocycles. The minimum Gasteiger partial charge on any atom is -0.341 e. The SMILES string of the molecule is C[C@H]1C[C@@H]1C(=O)N1CCCN(S(=O)(=O)c2ccccc2)CC1. The molecule has 1 aromatic rings. The molecule has 2 atom stereocenters. The van der Waals surface area contributed by atoms with Crippen LogP contribution in [0.3, 0.4) is 0 Å². The molecule has 1 saturated carbocycles. The Morgan fingerprint density at radius 2 is 1.77 bits per heavy atom. The maximum Gasteiger partial charge on any atom is 0.243 e. The first-order valence-corrected chi connectivity index (χ1v) is 9.28. The van der Waals surface area contributed by atoms with Crippen molar-refractivity contribution in [1.29, 1.82) is 0 Å². The van der Waals surface area contributed by atoms with Crippen molar-refractivity contribution in [3.8, 4) is 0 Å². The van der Waals surface area contributed by atoms with E-state index in [1.54, 1.807) is 30.3 Å². The molecular formula is C16H22N2O3S. The third-order valence-corrected chi connectivity index (χ3v) is 6.49. The molecule has 1 aromatic carbocycles. The number of hydrogen-bond donors (Lipinski definition) is 0. The second-order valence-corrected chi connectivity index (χ2v) is 8.15.